The van der Waals surface area contributed by atoms with E-state index in [4.69, 9.17) is 4.18 Å². The van der Waals surface area contributed by atoms with E-state index in [2.05, 4.69) is 35.7 Å². The number of hydrogen-bond acceptors (Lipinski definition) is 4. The number of benzene rings is 2. The molecule has 0 N–H and O–H groups in total. The molecule has 0 atom stereocenters. The Morgan fingerprint density at radius 3 is 2.59 bits per heavy atom. The molecule has 0 fully saturated rings. The highest BCUT2D eigenvalue weighted by atomic mass is 32.2. The lowest BCUT2D eigenvalue weighted by atomic mass is 9.99. The summed E-state index contributed by atoms with van der Waals surface area (Å²) in [5.74, 6) is 0.338. The minimum Gasteiger partial charge on any atom is -0.379 e. The molecule has 0 radical (unpaired) electrons. The van der Waals surface area contributed by atoms with Crippen molar-refractivity contribution in [2.75, 3.05) is 20.1 Å². The fourth-order valence-electron chi connectivity index (χ4n) is 3.79. The van der Waals surface area contributed by atoms with Crippen LogP contribution in [0.2, 0.25) is 0 Å². The summed E-state index contributed by atoms with van der Waals surface area (Å²) in [5.41, 5.74) is 3.58. The second kappa shape index (κ2) is 8.05. The summed E-state index contributed by atoms with van der Waals surface area (Å²) in [6, 6.07) is 13.8. The van der Waals surface area contributed by atoms with Crippen LogP contribution in [0.3, 0.4) is 0 Å². The van der Waals surface area contributed by atoms with Crippen LogP contribution < -0.4 is 4.18 Å². The molecular weight excluding hydrogens is 384 g/mol. The molecule has 0 amide bonds. The smallest absolute Gasteiger partial charge is 0.339 e. The fraction of sp³-hybridized carbons (Fsp3) is 0.304. The third-order valence-corrected chi connectivity index (χ3v) is 6.57. The van der Waals surface area contributed by atoms with Crippen molar-refractivity contribution in [3.05, 3.63) is 66.4 Å². The molecule has 152 valence electrons. The van der Waals surface area contributed by atoms with Crippen molar-refractivity contribution in [3.8, 4) is 5.75 Å². The summed E-state index contributed by atoms with van der Waals surface area (Å²) in [5, 5.41) is 1.04. The standard InChI is InChI=1S/C23H26N2O3S/c1-3-13-25-17-22(18-11-14-24(2)15-12-18)21-16-19(9-10-23(21)25)28-29(26,27)20-7-5-4-6-8-20/h4-11,16-17H,3,12-15H2,1-2H3. The number of nitrogens with zero attached hydrogens (tertiary/aromatic N) is 2. The zero-order chi connectivity index (χ0) is 20.4. The van der Waals surface area contributed by atoms with Gasteiger partial charge in [-0.05, 0) is 55.8 Å². The van der Waals surface area contributed by atoms with Crippen LogP contribution in [0.5, 0.6) is 5.75 Å². The Balaban J connectivity index is 1.75. The molecule has 2 aromatic carbocycles. The molecule has 1 aliphatic rings. The van der Waals surface area contributed by atoms with Gasteiger partial charge in [-0.1, -0.05) is 31.2 Å². The zero-order valence-electron chi connectivity index (χ0n) is 16.8. The van der Waals surface area contributed by atoms with Crippen molar-refractivity contribution < 1.29 is 12.6 Å². The first-order valence-electron chi connectivity index (χ1n) is 9.98. The molecule has 0 aliphatic carbocycles. The van der Waals surface area contributed by atoms with E-state index in [0.717, 1.165) is 43.4 Å². The summed E-state index contributed by atoms with van der Waals surface area (Å²) in [4.78, 5) is 2.44. The molecule has 4 rings (SSSR count). The molecule has 5 nitrogen and oxygen atoms in total. The summed E-state index contributed by atoms with van der Waals surface area (Å²) in [6.45, 7) is 5.02. The number of hydrogen-bond donors (Lipinski definition) is 0. The van der Waals surface area contributed by atoms with Gasteiger partial charge in [0.1, 0.15) is 10.6 Å². The number of fused-ring (bicyclic) bond motifs is 1. The topological polar surface area (TPSA) is 51.5 Å². The van der Waals surface area contributed by atoms with Gasteiger partial charge in [-0.3, -0.25) is 0 Å². The molecule has 6 heteroatoms. The molecule has 0 unspecified atom stereocenters. The Morgan fingerprint density at radius 2 is 1.90 bits per heavy atom. The first-order valence-corrected chi connectivity index (χ1v) is 11.4. The average Bonchev–Trinajstić information content (AvgIpc) is 3.07. The predicted octanol–water partition coefficient (Wildman–Crippen LogP) is 4.54. The van der Waals surface area contributed by atoms with Crippen molar-refractivity contribution in [2.24, 2.45) is 0 Å². The maximum Gasteiger partial charge on any atom is 0.339 e. The highest BCUT2D eigenvalue weighted by Crippen LogP contribution is 2.34. The molecule has 0 saturated carbocycles. The second-order valence-electron chi connectivity index (χ2n) is 7.51. The molecule has 1 aliphatic heterocycles. The lowest BCUT2D eigenvalue weighted by Crippen LogP contribution is -2.23. The van der Waals surface area contributed by atoms with E-state index >= 15 is 0 Å². The minimum atomic E-state index is -3.86. The van der Waals surface area contributed by atoms with Crippen LogP contribution in [-0.2, 0) is 16.7 Å². The van der Waals surface area contributed by atoms with Crippen molar-refractivity contribution in [2.45, 2.75) is 31.2 Å². The third-order valence-electron chi connectivity index (χ3n) is 5.31. The highest BCUT2D eigenvalue weighted by molar-refractivity contribution is 7.87. The largest absolute Gasteiger partial charge is 0.379 e. The second-order valence-corrected chi connectivity index (χ2v) is 9.05. The van der Waals surface area contributed by atoms with Crippen molar-refractivity contribution in [3.63, 3.8) is 0 Å². The van der Waals surface area contributed by atoms with E-state index in [1.165, 1.54) is 11.1 Å². The summed E-state index contributed by atoms with van der Waals surface area (Å²) >= 11 is 0. The monoisotopic (exact) mass is 410 g/mol. The number of likely N-dealkylation sites (N-methyl/N-ethyl adjacent to an activating group) is 1. The molecular formula is C23H26N2O3S. The Labute approximate surface area is 172 Å². The number of rotatable bonds is 6. The van der Waals surface area contributed by atoms with E-state index in [1.807, 2.05) is 12.1 Å². The zero-order valence-corrected chi connectivity index (χ0v) is 17.7. The van der Waals surface area contributed by atoms with Crippen LogP contribution >= 0.6 is 0 Å². The molecule has 0 spiro atoms. The normalized spacial score (nSPS) is 15.4. The first kappa shape index (κ1) is 19.7. The molecule has 1 aromatic heterocycles. The number of aromatic nitrogens is 1. The van der Waals surface area contributed by atoms with Gasteiger partial charge in [0.25, 0.3) is 0 Å². The van der Waals surface area contributed by atoms with E-state index in [1.54, 1.807) is 36.4 Å². The summed E-state index contributed by atoms with van der Waals surface area (Å²) in [6.07, 6.45) is 6.48. The maximum atomic E-state index is 12.6. The average molecular weight is 411 g/mol. The van der Waals surface area contributed by atoms with E-state index in [9.17, 15) is 8.42 Å². The Morgan fingerprint density at radius 1 is 1.10 bits per heavy atom. The molecule has 2 heterocycles. The Kier molecular flexibility index (Phi) is 5.48. The fourth-order valence-corrected chi connectivity index (χ4v) is 4.73. The van der Waals surface area contributed by atoms with Crippen molar-refractivity contribution in [1.29, 1.82) is 0 Å². The van der Waals surface area contributed by atoms with Gasteiger partial charge in [-0.25, -0.2) is 0 Å². The summed E-state index contributed by atoms with van der Waals surface area (Å²) in [7, 11) is -1.74. The van der Waals surface area contributed by atoms with E-state index < -0.39 is 10.1 Å². The minimum absolute atomic E-state index is 0.155. The van der Waals surface area contributed by atoms with Gasteiger partial charge in [-0.15, -0.1) is 0 Å². The van der Waals surface area contributed by atoms with Gasteiger partial charge >= 0.3 is 10.1 Å². The van der Waals surface area contributed by atoms with Crippen LogP contribution in [0.25, 0.3) is 16.5 Å². The van der Waals surface area contributed by atoms with Crippen LogP contribution in [0, 0.1) is 0 Å². The third kappa shape index (κ3) is 4.09. The maximum absolute atomic E-state index is 12.6. The van der Waals surface area contributed by atoms with E-state index in [-0.39, 0.29) is 4.90 Å². The van der Waals surface area contributed by atoms with Gasteiger partial charge in [0.05, 0.1) is 0 Å². The lowest BCUT2D eigenvalue weighted by Gasteiger charge is -2.21. The van der Waals surface area contributed by atoms with Gasteiger partial charge < -0.3 is 13.7 Å². The van der Waals surface area contributed by atoms with Gasteiger partial charge in [0, 0.05) is 42.3 Å². The molecule has 0 bridgehead atoms. The molecule has 0 saturated heterocycles. The van der Waals surface area contributed by atoms with Gasteiger partial charge in [0.15, 0.2) is 0 Å². The van der Waals surface area contributed by atoms with Crippen molar-refractivity contribution in [1.82, 2.24) is 9.47 Å². The highest BCUT2D eigenvalue weighted by Gasteiger charge is 2.19. The van der Waals surface area contributed by atoms with Crippen LogP contribution in [0.4, 0.5) is 0 Å². The van der Waals surface area contributed by atoms with Crippen molar-refractivity contribution >= 4 is 26.6 Å². The Bertz CT molecular complexity index is 1150. The van der Waals surface area contributed by atoms with Crippen LogP contribution in [-0.4, -0.2) is 38.0 Å². The summed E-state index contributed by atoms with van der Waals surface area (Å²) < 4.78 is 33.0. The lowest BCUT2D eigenvalue weighted by molar-refractivity contribution is 0.370. The predicted molar refractivity (Wildman–Crippen MR) is 117 cm³/mol. The van der Waals surface area contributed by atoms with Gasteiger partial charge in [-0.2, -0.15) is 8.42 Å². The Hall–Kier alpha value is -2.57. The molecule has 3 aromatic rings. The van der Waals surface area contributed by atoms with Crippen LogP contribution in [0.15, 0.2) is 65.7 Å². The SMILES string of the molecule is CCCn1cc(C2=CCN(C)CC2)c2cc(OS(=O)(=O)c3ccccc3)ccc21. The quantitative estimate of drug-likeness (QED) is 0.560. The van der Waals surface area contributed by atoms with Gasteiger partial charge in [0.2, 0.25) is 0 Å². The van der Waals surface area contributed by atoms with E-state index in [0.29, 0.717) is 5.75 Å². The number of aryl methyl sites for hydroxylation is 1. The molecule has 29 heavy (non-hydrogen) atoms. The first-order chi connectivity index (χ1) is 14.0. The van der Waals surface area contributed by atoms with Crippen LogP contribution in [0.1, 0.15) is 25.3 Å².